The number of hydrogen-bond acceptors (Lipinski definition) is 6. The Hall–Kier alpha value is -1.98. The number of benzene rings is 1. The van der Waals surface area contributed by atoms with Crippen molar-refractivity contribution in [2.45, 2.75) is 20.0 Å². The number of aromatic hydroxyl groups is 4. The van der Waals surface area contributed by atoms with Crippen LogP contribution in [0.5, 0.6) is 28.7 Å². The third-order valence-corrected chi connectivity index (χ3v) is 1.74. The number of phenolic OH excluding ortho intramolecular Hbond substituents is 4. The van der Waals surface area contributed by atoms with E-state index in [1.165, 1.54) is 0 Å². The van der Waals surface area contributed by atoms with Gasteiger partial charge < -0.3 is 30.9 Å². The van der Waals surface area contributed by atoms with Gasteiger partial charge in [-0.05, 0) is 13.8 Å². The highest BCUT2D eigenvalue weighted by Crippen LogP contribution is 2.53. The Labute approximate surface area is 86.2 Å². The summed E-state index contributed by atoms with van der Waals surface area (Å²) in [5.74, 6) is -3.23. The van der Waals surface area contributed by atoms with Gasteiger partial charge in [-0.15, -0.1) is 0 Å². The fourth-order valence-electron chi connectivity index (χ4n) is 1.04. The fourth-order valence-corrected chi connectivity index (χ4v) is 1.04. The fraction of sp³-hybridized carbons (Fsp3) is 0.333. The summed E-state index contributed by atoms with van der Waals surface area (Å²) in [6.45, 7) is 3.31. The molecule has 0 amide bonds. The lowest BCUT2D eigenvalue weighted by Crippen LogP contribution is -2.06. The van der Waals surface area contributed by atoms with Gasteiger partial charge in [0.05, 0.1) is 6.10 Å². The Morgan fingerprint density at radius 2 is 1.33 bits per heavy atom. The summed E-state index contributed by atoms with van der Waals surface area (Å²) in [6, 6.07) is 0. The summed E-state index contributed by atoms with van der Waals surface area (Å²) in [7, 11) is 0. The second-order valence-electron chi connectivity index (χ2n) is 3.30. The molecule has 6 N–H and O–H groups in total. The SMILES string of the molecule is CC(C)Oc1c(O)c(O)c(N)c(O)c1O. The van der Waals surface area contributed by atoms with Gasteiger partial charge in [-0.25, -0.2) is 0 Å². The Morgan fingerprint density at radius 3 is 1.67 bits per heavy atom. The molecule has 0 atom stereocenters. The van der Waals surface area contributed by atoms with E-state index in [2.05, 4.69) is 0 Å². The lowest BCUT2D eigenvalue weighted by atomic mass is 10.2. The summed E-state index contributed by atoms with van der Waals surface area (Å²) >= 11 is 0. The number of ether oxygens (including phenoxy) is 1. The molecule has 84 valence electrons. The predicted octanol–water partition coefficient (Wildman–Crippen LogP) is 0.878. The van der Waals surface area contributed by atoms with E-state index in [1.54, 1.807) is 13.8 Å². The van der Waals surface area contributed by atoms with Gasteiger partial charge >= 0.3 is 0 Å². The monoisotopic (exact) mass is 215 g/mol. The number of phenols is 4. The third-order valence-electron chi connectivity index (χ3n) is 1.74. The molecule has 0 radical (unpaired) electrons. The van der Waals surface area contributed by atoms with Crippen LogP contribution in [-0.2, 0) is 0 Å². The molecule has 15 heavy (non-hydrogen) atoms. The molecule has 1 rings (SSSR count). The van der Waals surface area contributed by atoms with E-state index in [4.69, 9.17) is 10.5 Å². The zero-order chi connectivity index (χ0) is 11.7. The Kier molecular flexibility index (Phi) is 2.69. The molecule has 1 aromatic rings. The molecular formula is C9H13NO5. The van der Waals surface area contributed by atoms with E-state index in [9.17, 15) is 20.4 Å². The quantitative estimate of drug-likeness (QED) is 0.284. The summed E-state index contributed by atoms with van der Waals surface area (Å²) in [5.41, 5.74) is 4.71. The van der Waals surface area contributed by atoms with Gasteiger partial charge in [-0.3, -0.25) is 0 Å². The molecule has 0 heterocycles. The van der Waals surface area contributed by atoms with Crippen molar-refractivity contribution in [1.82, 2.24) is 0 Å². The van der Waals surface area contributed by atoms with Crippen molar-refractivity contribution in [3.63, 3.8) is 0 Å². The van der Waals surface area contributed by atoms with Crippen molar-refractivity contribution >= 4 is 5.69 Å². The van der Waals surface area contributed by atoms with Crippen LogP contribution < -0.4 is 10.5 Å². The van der Waals surface area contributed by atoms with Gasteiger partial charge in [0.2, 0.25) is 17.2 Å². The zero-order valence-electron chi connectivity index (χ0n) is 8.35. The van der Waals surface area contributed by atoms with Crippen molar-refractivity contribution in [3.05, 3.63) is 0 Å². The van der Waals surface area contributed by atoms with Gasteiger partial charge in [-0.1, -0.05) is 0 Å². The van der Waals surface area contributed by atoms with Gasteiger partial charge in [0.1, 0.15) is 5.69 Å². The topological polar surface area (TPSA) is 116 Å². The van der Waals surface area contributed by atoms with Crippen molar-refractivity contribution in [1.29, 1.82) is 0 Å². The van der Waals surface area contributed by atoms with Crippen molar-refractivity contribution in [2.75, 3.05) is 5.73 Å². The largest absolute Gasteiger partial charge is 0.503 e. The lowest BCUT2D eigenvalue weighted by Gasteiger charge is -2.15. The van der Waals surface area contributed by atoms with E-state index in [-0.39, 0.29) is 6.10 Å². The number of nitrogens with two attached hydrogens (primary N) is 1. The number of anilines is 1. The molecule has 0 spiro atoms. The van der Waals surface area contributed by atoms with Crippen LogP contribution in [0.4, 0.5) is 5.69 Å². The average Bonchev–Trinajstić information content (AvgIpc) is 2.18. The maximum atomic E-state index is 9.41. The Morgan fingerprint density at radius 1 is 0.933 bits per heavy atom. The van der Waals surface area contributed by atoms with E-state index in [1.807, 2.05) is 0 Å². The number of nitrogen functional groups attached to an aromatic ring is 1. The molecule has 0 unspecified atom stereocenters. The number of rotatable bonds is 2. The minimum Gasteiger partial charge on any atom is -0.503 e. The molecule has 0 saturated heterocycles. The lowest BCUT2D eigenvalue weighted by molar-refractivity contribution is 0.216. The van der Waals surface area contributed by atoms with Crippen LogP contribution in [0.15, 0.2) is 0 Å². The highest BCUT2D eigenvalue weighted by Gasteiger charge is 2.23. The molecule has 0 aliphatic carbocycles. The van der Waals surface area contributed by atoms with Crippen molar-refractivity contribution in [3.8, 4) is 28.7 Å². The van der Waals surface area contributed by atoms with Gasteiger partial charge in [0, 0.05) is 0 Å². The Balaban J connectivity index is 3.39. The minimum atomic E-state index is -0.721. The summed E-state index contributed by atoms with van der Waals surface area (Å²) in [5, 5.41) is 37.4. The summed E-state index contributed by atoms with van der Waals surface area (Å²) < 4.78 is 5.02. The smallest absolute Gasteiger partial charge is 0.211 e. The first-order valence-corrected chi connectivity index (χ1v) is 4.28. The Bertz CT molecular complexity index is 360. The standard InChI is InChI=1S/C9H13NO5/c1-3(2)15-9-7(13)5(11)4(10)6(12)8(9)14/h3,11-14H,10H2,1-2H3. The molecular weight excluding hydrogens is 202 g/mol. The van der Waals surface area contributed by atoms with E-state index >= 15 is 0 Å². The first-order valence-electron chi connectivity index (χ1n) is 4.28. The molecule has 0 aliphatic rings. The molecule has 0 saturated carbocycles. The molecule has 0 aromatic heterocycles. The van der Waals surface area contributed by atoms with Crippen LogP contribution in [0.3, 0.4) is 0 Å². The molecule has 1 aromatic carbocycles. The van der Waals surface area contributed by atoms with E-state index < -0.39 is 34.4 Å². The van der Waals surface area contributed by atoms with Crippen LogP contribution in [0.1, 0.15) is 13.8 Å². The predicted molar refractivity (Wildman–Crippen MR) is 53.3 cm³/mol. The minimum absolute atomic E-state index is 0.343. The summed E-state index contributed by atoms with van der Waals surface area (Å²) in [4.78, 5) is 0. The number of hydrogen-bond donors (Lipinski definition) is 5. The van der Waals surface area contributed by atoms with Crippen molar-refractivity contribution in [2.24, 2.45) is 0 Å². The molecule has 0 aliphatic heterocycles. The maximum Gasteiger partial charge on any atom is 0.211 e. The third kappa shape index (κ3) is 1.78. The first-order chi connectivity index (χ1) is 6.86. The van der Waals surface area contributed by atoms with Crippen LogP contribution in [-0.4, -0.2) is 26.5 Å². The highest BCUT2D eigenvalue weighted by atomic mass is 16.5. The normalized spacial score (nSPS) is 10.6. The molecule has 0 fully saturated rings. The van der Waals surface area contributed by atoms with Gasteiger partial charge in [-0.2, -0.15) is 0 Å². The summed E-state index contributed by atoms with van der Waals surface area (Å²) in [6.07, 6.45) is -0.343. The van der Waals surface area contributed by atoms with Crippen LogP contribution in [0, 0.1) is 0 Å². The van der Waals surface area contributed by atoms with Crippen LogP contribution in [0.2, 0.25) is 0 Å². The van der Waals surface area contributed by atoms with E-state index in [0.717, 1.165) is 0 Å². The maximum absolute atomic E-state index is 9.41. The molecule has 6 nitrogen and oxygen atoms in total. The van der Waals surface area contributed by atoms with Crippen LogP contribution in [0.25, 0.3) is 0 Å². The van der Waals surface area contributed by atoms with Gasteiger partial charge in [0.25, 0.3) is 0 Å². The molecule has 6 heteroatoms. The van der Waals surface area contributed by atoms with Gasteiger partial charge in [0.15, 0.2) is 11.5 Å². The molecule has 0 bridgehead atoms. The first kappa shape index (κ1) is 11.1. The van der Waals surface area contributed by atoms with Crippen LogP contribution >= 0.6 is 0 Å². The highest BCUT2D eigenvalue weighted by molar-refractivity contribution is 5.77. The second kappa shape index (κ2) is 3.64. The van der Waals surface area contributed by atoms with E-state index in [0.29, 0.717) is 0 Å². The second-order valence-corrected chi connectivity index (χ2v) is 3.30. The average molecular weight is 215 g/mol. The zero-order valence-corrected chi connectivity index (χ0v) is 8.35. The van der Waals surface area contributed by atoms with Crippen molar-refractivity contribution < 1.29 is 25.2 Å².